The van der Waals surface area contributed by atoms with E-state index in [0.29, 0.717) is 6.54 Å². The van der Waals surface area contributed by atoms with Crippen LogP contribution in [0.3, 0.4) is 0 Å². The molecule has 252 valence electrons. The second-order valence-electron chi connectivity index (χ2n) is 13.6. The molecule has 2 fully saturated rings. The Hall–Kier alpha value is -4.63. The monoisotopic (exact) mass is 653 g/mol. The third-order valence-corrected chi connectivity index (χ3v) is 10.7. The molecular weight excluding hydrogens is 606 g/mol. The van der Waals surface area contributed by atoms with Crippen LogP contribution < -0.4 is 9.80 Å². The molecule has 0 unspecified atom stereocenters. The lowest BCUT2D eigenvalue weighted by molar-refractivity contribution is 0.277. The fourth-order valence-corrected chi connectivity index (χ4v) is 7.88. The van der Waals surface area contributed by atoms with Crippen LogP contribution in [0.5, 0.6) is 0 Å². The van der Waals surface area contributed by atoms with Gasteiger partial charge in [0.1, 0.15) is 5.82 Å². The number of nitrogens with zero attached hydrogens (tertiary/aromatic N) is 7. The molecule has 2 saturated heterocycles. The van der Waals surface area contributed by atoms with Gasteiger partial charge in [0.2, 0.25) is 0 Å². The summed E-state index contributed by atoms with van der Waals surface area (Å²) in [5.74, 6) is 0.884. The first-order valence-corrected chi connectivity index (χ1v) is 17.8. The van der Waals surface area contributed by atoms with Gasteiger partial charge >= 0.3 is 0 Å². The SMILES string of the molecule is CCn1c2ccccc2c2c(-c3nc(-c4ccc(N5CCN(C)CC5)cc4)c(-c4ccc(N5CCN(C)CC5)cc4)n3CCO)cccc21. The van der Waals surface area contributed by atoms with Crippen molar-refractivity contribution in [2.75, 3.05) is 82.9 Å². The van der Waals surface area contributed by atoms with E-state index in [1.54, 1.807) is 0 Å². The number of anilines is 2. The molecule has 0 amide bonds. The second kappa shape index (κ2) is 13.3. The largest absolute Gasteiger partial charge is 0.395 e. The van der Waals surface area contributed by atoms with Gasteiger partial charge in [0.05, 0.1) is 18.0 Å². The van der Waals surface area contributed by atoms with E-state index in [-0.39, 0.29) is 6.61 Å². The van der Waals surface area contributed by atoms with E-state index in [9.17, 15) is 5.11 Å². The summed E-state index contributed by atoms with van der Waals surface area (Å²) in [5.41, 5.74) is 10.2. The summed E-state index contributed by atoms with van der Waals surface area (Å²) < 4.78 is 4.64. The quantitative estimate of drug-likeness (QED) is 0.202. The Kier molecular flexibility index (Phi) is 8.62. The van der Waals surface area contributed by atoms with Crippen LogP contribution >= 0.6 is 0 Å². The molecule has 6 aromatic rings. The Morgan fingerprint density at radius 1 is 0.612 bits per heavy atom. The number of aliphatic hydroxyl groups is 1. The summed E-state index contributed by atoms with van der Waals surface area (Å²) >= 11 is 0. The lowest BCUT2D eigenvalue weighted by Gasteiger charge is -2.34. The standard InChI is InChI=1S/C41H47N7O/c1-4-47-36-10-6-5-8-34(36)38-35(9-7-11-37(38)47)41-42-39(30-12-16-32(17-13-30)45-24-20-43(2)21-25-45)40(48(41)28-29-49)31-14-18-33(19-15-31)46-26-22-44(3)23-27-46/h5-19,49H,4,20-29H2,1-3H3. The van der Waals surface area contributed by atoms with Crippen molar-refractivity contribution in [1.29, 1.82) is 0 Å². The molecule has 49 heavy (non-hydrogen) atoms. The molecule has 8 nitrogen and oxygen atoms in total. The lowest BCUT2D eigenvalue weighted by Crippen LogP contribution is -2.44. The van der Waals surface area contributed by atoms with Gasteiger partial charge in [0.25, 0.3) is 0 Å². The van der Waals surface area contributed by atoms with Crippen molar-refractivity contribution in [3.8, 4) is 33.9 Å². The predicted octanol–water partition coefficient (Wildman–Crippen LogP) is 6.51. The zero-order chi connectivity index (χ0) is 33.5. The summed E-state index contributed by atoms with van der Waals surface area (Å²) in [4.78, 5) is 15.2. The third-order valence-electron chi connectivity index (χ3n) is 10.7. The number of likely N-dealkylation sites (N-methyl/N-ethyl adjacent to an activating group) is 2. The maximum absolute atomic E-state index is 10.5. The fraction of sp³-hybridized carbons (Fsp3) is 0.341. The highest BCUT2D eigenvalue weighted by molar-refractivity contribution is 6.14. The first-order chi connectivity index (χ1) is 24.0. The maximum Gasteiger partial charge on any atom is 0.141 e. The van der Waals surface area contributed by atoms with Crippen LogP contribution in [0.1, 0.15) is 6.92 Å². The number of aromatic nitrogens is 3. The van der Waals surface area contributed by atoms with E-state index in [1.165, 1.54) is 33.2 Å². The minimum Gasteiger partial charge on any atom is -0.395 e. The van der Waals surface area contributed by atoms with Crippen molar-refractivity contribution >= 4 is 33.2 Å². The summed E-state index contributed by atoms with van der Waals surface area (Å²) in [7, 11) is 4.39. The Morgan fingerprint density at radius 2 is 1.18 bits per heavy atom. The predicted molar refractivity (Wildman–Crippen MR) is 204 cm³/mol. The van der Waals surface area contributed by atoms with Crippen LogP contribution in [0, 0.1) is 0 Å². The Bertz CT molecular complexity index is 2060. The normalized spacial score (nSPS) is 16.3. The van der Waals surface area contributed by atoms with Crippen molar-refractivity contribution in [3.05, 3.63) is 91.0 Å². The van der Waals surface area contributed by atoms with Crippen molar-refractivity contribution in [2.45, 2.75) is 20.0 Å². The molecule has 0 atom stereocenters. The van der Waals surface area contributed by atoms with E-state index < -0.39 is 0 Å². The number of rotatable bonds is 8. The molecule has 2 aromatic heterocycles. The molecule has 4 aromatic carbocycles. The van der Waals surface area contributed by atoms with E-state index >= 15 is 0 Å². The Balaban J connectivity index is 1.29. The molecule has 0 radical (unpaired) electrons. The van der Waals surface area contributed by atoms with Gasteiger partial charge in [-0.2, -0.15) is 0 Å². The molecule has 2 aliphatic heterocycles. The summed E-state index contributed by atoms with van der Waals surface area (Å²) in [6.07, 6.45) is 0. The van der Waals surface area contributed by atoms with E-state index in [2.05, 4.69) is 141 Å². The minimum absolute atomic E-state index is 0.0181. The molecule has 2 aliphatic rings. The number of piperazine rings is 2. The number of imidazole rings is 1. The van der Waals surface area contributed by atoms with Crippen LogP contribution in [-0.4, -0.2) is 102 Å². The maximum atomic E-state index is 10.5. The topological polar surface area (TPSA) is 55.9 Å². The van der Waals surface area contributed by atoms with E-state index in [0.717, 1.165) is 92.8 Å². The molecule has 0 saturated carbocycles. The number of benzene rings is 4. The van der Waals surface area contributed by atoms with Gasteiger partial charge in [-0.25, -0.2) is 4.98 Å². The summed E-state index contributed by atoms with van der Waals surface area (Å²) in [6.45, 7) is 12.0. The highest BCUT2D eigenvalue weighted by Gasteiger charge is 2.25. The van der Waals surface area contributed by atoms with Gasteiger partial charge < -0.3 is 33.8 Å². The molecule has 4 heterocycles. The molecular formula is C41H47N7O. The Labute approximate surface area is 289 Å². The fourth-order valence-electron chi connectivity index (χ4n) is 7.88. The minimum atomic E-state index is 0.0181. The van der Waals surface area contributed by atoms with Crippen molar-refractivity contribution in [3.63, 3.8) is 0 Å². The number of hydrogen-bond acceptors (Lipinski definition) is 6. The first-order valence-electron chi connectivity index (χ1n) is 17.8. The van der Waals surface area contributed by atoms with Crippen LogP contribution in [0.15, 0.2) is 91.0 Å². The van der Waals surface area contributed by atoms with Gasteiger partial charge in [-0.15, -0.1) is 0 Å². The number of aliphatic hydroxyl groups excluding tert-OH is 1. The molecule has 1 N–H and O–H groups in total. The third kappa shape index (κ3) is 5.78. The van der Waals surface area contributed by atoms with Gasteiger partial charge in [0.15, 0.2) is 0 Å². The van der Waals surface area contributed by atoms with Crippen molar-refractivity contribution < 1.29 is 5.11 Å². The average molecular weight is 654 g/mol. The first kappa shape index (κ1) is 31.6. The van der Waals surface area contributed by atoms with E-state index in [4.69, 9.17) is 4.98 Å². The van der Waals surface area contributed by atoms with Gasteiger partial charge in [0, 0.05) is 115 Å². The Morgan fingerprint density at radius 3 is 1.78 bits per heavy atom. The lowest BCUT2D eigenvalue weighted by atomic mass is 10.0. The zero-order valence-corrected chi connectivity index (χ0v) is 29.0. The van der Waals surface area contributed by atoms with Crippen LogP contribution in [0.25, 0.3) is 55.7 Å². The molecule has 0 spiro atoms. The molecule has 8 rings (SSSR count). The van der Waals surface area contributed by atoms with Crippen molar-refractivity contribution in [2.24, 2.45) is 0 Å². The van der Waals surface area contributed by atoms with Crippen LogP contribution in [0.2, 0.25) is 0 Å². The number of aryl methyl sites for hydroxylation is 1. The molecule has 8 heteroatoms. The van der Waals surface area contributed by atoms with Gasteiger partial charge in [-0.1, -0.05) is 54.6 Å². The summed E-state index contributed by atoms with van der Waals surface area (Å²) in [5, 5.41) is 13.0. The highest BCUT2D eigenvalue weighted by Crippen LogP contribution is 2.42. The average Bonchev–Trinajstić information content (AvgIpc) is 3.68. The number of para-hydroxylation sites is 1. The molecule has 0 bridgehead atoms. The highest BCUT2D eigenvalue weighted by atomic mass is 16.3. The van der Waals surface area contributed by atoms with Crippen LogP contribution in [-0.2, 0) is 13.1 Å². The number of hydrogen-bond donors (Lipinski definition) is 1. The van der Waals surface area contributed by atoms with Crippen molar-refractivity contribution in [1.82, 2.24) is 23.9 Å². The van der Waals surface area contributed by atoms with E-state index in [1.807, 2.05) is 0 Å². The summed E-state index contributed by atoms with van der Waals surface area (Å²) in [6, 6.07) is 33.2. The zero-order valence-electron chi connectivity index (χ0n) is 29.0. The van der Waals surface area contributed by atoms with Gasteiger partial charge in [-0.05, 0) is 57.4 Å². The smallest absolute Gasteiger partial charge is 0.141 e. The second-order valence-corrected chi connectivity index (χ2v) is 13.6. The van der Waals surface area contributed by atoms with Crippen LogP contribution in [0.4, 0.5) is 11.4 Å². The number of fused-ring (bicyclic) bond motifs is 3. The molecule has 0 aliphatic carbocycles. The van der Waals surface area contributed by atoms with Gasteiger partial charge in [-0.3, -0.25) is 0 Å².